The second kappa shape index (κ2) is 6.57. The van der Waals surface area contributed by atoms with Crippen LogP contribution in [0.25, 0.3) is 0 Å². The monoisotopic (exact) mass is 281 g/mol. The van der Waals surface area contributed by atoms with E-state index in [1.54, 1.807) is 23.9 Å². The Balaban J connectivity index is 2.01. The van der Waals surface area contributed by atoms with E-state index in [0.717, 1.165) is 19.4 Å². The lowest BCUT2D eigenvalue weighted by molar-refractivity contribution is -0.141. The summed E-state index contributed by atoms with van der Waals surface area (Å²) in [4.78, 5) is 27.9. The van der Waals surface area contributed by atoms with Crippen molar-refractivity contribution in [3.8, 4) is 0 Å². The minimum atomic E-state index is -0.0657. The number of carbonyl (C=O) groups excluding carboxylic acids is 2. The van der Waals surface area contributed by atoms with Crippen molar-refractivity contribution in [3.63, 3.8) is 0 Å². The van der Waals surface area contributed by atoms with E-state index in [1.807, 2.05) is 6.92 Å². The number of hydrogen-bond donors (Lipinski definition) is 1. The Morgan fingerprint density at radius 2 is 2.00 bits per heavy atom. The zero-order valence-electron chi connectivity index (χ0n) is 12.9. The molecule has 2 rings (SSSR count). The molecule has 20 heavy (non-hydrogen) atoms. The first-order valence-corrected chi connectivity index (χ1v) is 7.77. The van der Waals surface area contributed by atoms with Crippen LogP contribution in [0.1, 0.15) is 32.6 Å². The van der Waals surface area contributed by atoms with Crippen molar-refractivity contribution in [2.45, 2.75) is 38.6 Å². The van der Waals surface area contributed by atoms with Gasteiger partial charge in [-0.15, -0.1) is 0 Å². The van der Waals surface area contributed by atoms with E-state index in [4.69, 9.17) is 0 Å². The minimum Gasteiger partial charge on any atom is -0.347 e. The first kappa shape index (κ1) is 15.3. The van der Waals surface area contributed by atoms with Gasteiger partial charge in [-0.1, -0.05) is 13.3 Å². The molecule has 1 saturated heterocycles. The molecule has 0 aromatic heterocycles. The average Bonchev–Trinajstić information content (AvgIpc) is 2.99. The van der Waals surface area contributed by atoms with Crippen molar-refractivity contribution >= 4 is 11.8 Å². The standard InChI is InChI=1S/C15H27N3O2/c1-4-8-18(10-13(19)17(2)3)15(20)14-12-7-5-6-11(12)9-16-14/h11-12,14,16H,4-10H2,1-3H3. The highest BCUT2D eigenvalue weighted by Crippen LogP contribution is 2.38. The molecule has 3 unspecified atom stereocenters. The molecule has 5 heteroatoms. The molecule has 0 aromatic carbocycles. The fraction of sp³-hybridized carbons (Fsp3) is 0.867. The largest absolute Gasteiger partial charge is 0.347 e. The Labute approximate surface area is 121 Å². The third kappa shape index (κ3) is 3.14. The van der Waals surface area contributed by atoms with Gasteiger partial charge in [-0.2, -0.15) is 0 Å². The molecule has 1 aliphatic heterocycles. The number of rotatable bonds is 5. The van der Waals surface area contributed by atoms with Crippen molar-refractivity contribution in [3.05, 3.63) is 0 Å². The van der Waals surface area contributed by atoms with Crippen LogP contribution < -0.4 is 5.32 Å². The summed E-state index contributed by atoms with van der Waals surface area (Å²) in [5.74, 6) is 1.26. The van der Waals surface area contributed by atoms with Crippen LogP contribution in [0, 0.1) is 11.8 Å². The fourth-order valence-corrected chi connectivity index (χ4v) is 3.50. The number of carbonyl (C=O) groups is 2. The Kier molecular flexibility index (Phi) is 5.02. The normalized spacial score (nSPS) is 28.2. The first-order chi connectivity index (χ1) is 9.54. The summed E-state index contributed by atoms with van der Waals surface area (Å²) < 4.78 is 0. The lowest BCUT2D eigenvalue weighted by Gasteiger charge is -2.28. The third-order valence-corrected chi connectivity index (χ3v) is 4.64. The molecule has 1 aliphatic carbocycles. The summed E-state index contributed by atoms with van der Waals surface area (Å²) in [7, 11) is 3.47. The summed E-state index contributed by atoms with van der Waals surface area (Å²) in [6.45, 7) is 3.87. The van der Waals surface area contributed by atoms with Crippen LogP contribution in [0.5, 0.6) is 0 Å². The van der Waals surface area contributed by atoms with E-state index in [9.17, 15) is 9.59 Å². The van der Waals surface area contributed by atoms with Crippen molar-refractivity contribution in [2.24, 2.45) is 11.8 Å². The van der Waals surface area contributed by atoms with Crippen molar-refractivity contribution < 1.29 is 9.59 Å². The highest BCUT2D eigenvalue weighted by molar-refractivity contribution is 5.88. The van der Waals surface area contributed by atoms with Gasteiger partial charge in [-0.25, -0.2) is 0 Å². The number of hydrogen-bond acceptors (Lipinski definition) is 3. The number of nitrogens with one attached hydrogen (secondary N) is 1. The first-order valence-electron chi connectivity index (χ1n) is 7.77. The number of likely N-dealkylation sites (N-methyl/N-ethyl adjacent to an activating group) is 1. The molecule has 114 valence electrons. The van der Waals surface area contributed by atoms with Crippen molar-refractivity contribution in [2.75, 3.05) is 33.7 Å². The highest BCUT2D eigenvalue weighted by Gasteiger charge is 2.43. The SMILES string of the molecule is CCCN(CC(=O)N(C)C)C(=O)C1NCC2CCCC21. The van der Waals surface area contributed by atoms with Gasteiger partial charge in [0.25, 0.3) is 0 Å². The summed E-state index contributed by atoms with van der Waals surface area (Å²) in [5, 5.41) is 3.38. The minimum absolute atomic E-state index is 0.00670. The van der Waals surface area contributed by atoms with E-state index in [2.05, 4.69) is 5.32 Å². The van der Waals surface area contributed by atoms with Crippen LogP contribution in [0.15, 0.2) is 0 Å². The molecule has 2 fully saturated rings. The van der Waals surface area contributed by atoms with Gasteiger partial charge in [0.1, 0.15) is 0 Å². The molecule has 0 aromatic rings. The molecule has 0 bridgehead atoms. The second-order valence-corrected chi connectivity index (χ2v) is 6.29. The van der Waals surface area contributed by atoms with Gasteiger partial charge in [0, 0.05) is 20.6 Å². The van der Waals surface area contributed by atoms with Gasteiger partial charge in [-0.3, -0.25) is 9.59 Å². The van der Waals surface area contributed by atoms with Crippen LogP contribution in [0.4, 0.5) is 0 Å². The second-order valence-electron chi connectivity index (χ2n) is 6.29. The quantitative estimate of drug-likeness (QED) is 0.807. The highest BCUT2D eigenvalue weighted by atomic mass is 16.2. The van der Waals surface area contributed by atoms with Gasteiger partial charge in [-0.05, 0) is 37.6 Å². The lowest BCUT2D eigenvalue weighted by atomic mass is 9.93. The smallest absolute Gasteiger partial charge is 0.241 e. The maximum absolute atomic E-state index is 12.7. The molecule has 1 heterocycles. The number of nitrogens with zero attached hydrogens (tertiary/aromatic N) is 2. The predicted octanol–water partition coefficient (Wildman–Crippen LogP) is 0.701. The van der Waals surface area contributed by atoms with Crippen molar-refractivity contribution in [1.82, 2.24) is 15.1 Å². The molecule has 5 nitrogen and oxygen atoms in total. The molecular formula is C15H27N3O2. The lowest BCUT2D eigenvalue weighted by Crippen LogP contribution is -2.49. The van der Waals surface area contributed by atoms with Gasteiger partial charge < -0.3 is 15.1 Å². The number of amides is 2. The predicted molar refractivity (Wildman–Crippen MR) is 78.2 cm³/mol. The van der Waals surface area contributed by atoms with Gasteiger partial charge >= 0.3 is 0 Å². The van der Waals surface area contributed by atoms with E-state index in [1.165, 1.54) is 12.8 Å². The molecule has 1 N–H and O–H groups in total. The maximum atomic E-state index is 12.7. The molecule has 2 amide bonds. The van der Waals surface area contributed by atoms with Crippen LogP contribution in [0.3, 0.4) is 0 Å². The zero-order valence-corrected chi connectivity index (χ0v) is 12.9. The molecule has 2 aliphatic rings. The Morgan fingerprint density at radius 1 is 1.25 bits per heavy atom. The van der Waals surface area contributed by atoms with E-state index in [0.29, 0.717) is 18.4 Å². The third-order valence-electron chi connectivity index (χ3n) is 4.64. The van der Waals surface area contributed by atoms with Crippen LogP contribution in [0.2, 0.25) is 0 Å². The molecule has 3 atom stereocenters. The molecule has 1 saturated carbocycles. The van der Waals surface area contributed by atoms with Crippen LogP contribution in [-0.2, 0) is 9.59 Å². The van der Waals surface area contributed by atoms with Gasteiger partial charge in [0.2, 0.25) is 11.8 Å². The molecular weight excluding hydrogens is 254 g/mol. The van der Waals surface area contributed by atoms with E-state index in [-0.39, 0.29) is 24.4 Å². The fourth-order valence-electron chi connectivity index (χ4n) is 3.50. The van der Waals surface area contributed by atoms with Crippen molar-refractivity contribution in [1.29, 1.82) is 0 Å². The summed E-state index contributed by atoms with van der Waals surface area (Å²) in [6, 6.07) is -0.0657. The van der Waals surface area contributed by atoms with E-state index < -0.39 is 0 Å². The maximum Gasteiger partial charge on any atom is 0.241 e. The van der Waals surface area contributed by atoms with E-state index >= 15 is 0 Å². The number of fused-ring (bicyclic) bond motifs is 1. The molecule has 0 radical (unpaired) electrons. The van der Waals surface area contributed by atoms with Crippen LogP contribution in [-0.4, -0.2) is 61.4 Å². The summed E-state index contributed by atoms with van der Waals surface area (Å²) in [6.07, 6.45) is 4.51. The van der Waals surface area contributed by atoms with Crippen LogP contribution >= 0.6 is 0 Å². The zero-order chi connectivity index (χ0) is 14.7. The topological polar surface area (TPSA) is 52.7 Å². The average molecular weight is 281 g/mol. The summed E-state index contributed by atoms with van der Waals surface area (Å²) >= 11 is 0. The Morgan fingerprint density at radius 3 is 2.65 bits per heavy atom. The summed E-state index contributed by atoms with van der Waals surface area (Å²) in [5.41, 5.74) is 0. The van der Waals surface area contributed by atoms with Gasteiger partial charge in [0.15, 0.2) is 0 Å². The Bertz CT molecular complexity index is 370. The van der Waals surface area contributed by atoms with Gasteiger partial charge in [0.05, 0.1) is 12.6 Å². The Hall–Kier alpha value is -1.10. The molecule has 0 spiro atoms.